The van der Waals surface area contributed by atoms with E-state index in [1.807, 2.05) is 0 Å². The second-order valence-corrected chi connectivity index (χ2v) is 8.43. The van der Waals surface area contributed by atoms with Crippen molar-refractivity contribution in [2.75, 3.05) is 13.1 Å². The Labute approximate surface area is 168 Å². The number of aromatic nitrogens is 2. The molecule has 0 bridgehead atoms. The van der Waals surface area contributed by atoms with E-state index in [1.54, 1.807) is 0 Å². The number of nitrogens with zero attached hydrogens (tertiary/aromatic N) is 3. The Morgan fingerprint density at radius 1 is 1.21 bits per heavy atom. The molecule has 1 aliphatic carbocycles. The molecule has 5 nitrogen and oxygen atoms in total. The van der Waals surface area contributed by atoms with E-state index in [4.69, 9.17) is 5.10 Å². The van der Waals surface area contributed by atoms with Crippen LogP contribution in [0.1, 0.15) is 61.9 Å². The first kappa shape index (κ1) is 19.2. The fraction of sp³-hybridized carbons (Fsp3) is 0.565. The van der Waals surface area contributed by atoms with Crippen LogP contribution in [-0.4, -0.2) is 33.7 Å². The van der Waals surface area contributed by atoms with Gasteiger partial charge in [0, 0.05) is 25.6 Å². The number of benzene rings is 1. The molecule has 2 heterocycles. The number of hydrogen-bond acceptors (Lipinski definition) is 3. The quantitative estimate of drug-likeness (QED) is 0.797. The van der Waals surface area contributed by atoms with Gasteiger partial charge in [0.05, 0.1) is 17.9 Å². The summed E-state index contributed by atoms with van der Waals surface area (Å²) in [6.07, 6.45) is 5.57. The van der Waals surface area contributed by atoms with Crippen LogP contribution in [-0.2, 0) is 24.4 Å². The van der Waals surface area contributed by atoms with Crippen molar-refractivity contribution in [2.45, 2.75) is 64.6 Å². The summed E-state index contributed by atoms with van der Waals surface area (Å²) in [4.78, 5) is 14.6. The average molecular weight is 381 g/mol. The van der Waals surface area contributed by atoms with Gasteiger partial charge in [0.2, 0.25) is 5.91 Å². The molecule has 0 saturated heterocycles. The predicted octanol–water partition coefficient (Wildman–Crippen LogP) is 3.70. The fourth-order valence-electron chi connectivity index (χ4n) is 4.18. The molecule has 2 aliphatic rings. The van der Waals surface area contributed by atoms with Gasteiger partial charge in [0.25, 0.3) is 0 Å². The highest BCUT2D eigenvalue weighted by molar-refractivity contribution is 5.79. The molecule has 2 aromatic rings. The zero-order valence-corrected chi connectivity index (χ0v) is 16.9. The summed E-state index contributed by atoms with van der Waals surface area (Å²) in [7, 11) is 0. The maximum Gasteiger partial charge on any atom is 0.223 e. The van der Waals surface area contributed by atoms with Crippen LogP contribution in [0.4, 0.5) is 0 Å². The van der Waals surface area contributed by atoms with Gasteiger partial charge in [-0.05, 0) is 49.8 Å². The van der Waals surface area contributed by atoms with E-state index >= 15 is 0 Å². The Morgan fingerprint density at radius 3 is 2.79 bits per heavy atom. The smallest absolute Gasteiger partial charge is 0.223 e. The van der Waals surface area contributed by atoms with Crippen LogP contribution in [0.3, 0.4) is 0 Å². The van der Waals surface area contributed by atoms with Crippen molar-refractivity contribution in [3.63, 3.8) is 0 Å². The minimum Gasteiger partial charge on any atom is -0.350 e. The van der Waals surface area contributed by atoms with E-state index in [0.29, 0.717) is 12.5 Å². The minimum atomic E-state index is 0.200. The van der Waals surface area contributed by atoms with Gasteiger partial charge in [0.1, 0.15) is 0 Å². The van der Waals surface area contributed by atoms with Gasteiger partial charge < -0.3 is 5.32 Å². The number of carbonyl (C=O) groups is 1. The molecule has 1 aromatic carbocycles. The van der Waals surface area contributed by atoms with Crippen molar-refractivity contribution >= 4 is 5.91 Å². The van der Waals surface area contributed by atoms with E-state index in [-0.39, 0.29) is 11.8 Å². The molecule has 150 valence electrons. The van der Waals surface area contributed by atoms with Gasteiger partial charge in [-0.3, -0.25) is 14.4 Å². The third-order valence-electron chi connectivity index (χ3n) is 6.31. The lowest BCUT2D eigenvalue weighted by Crippen LogP contribution is -2.34. The first-order valence-electron chi connectivity index (χ1n) is 10.8. The third-order valence-corrected chi connectivity index (χ3v) is 6.31. The summed E-state index contributed by atoms with van der Waals surface area (Å²) in [6.45, 7) is 7.02. The predicted molar refractivity (Wildman–Crippen MR) is 111 cm³/mol. The molecule has 1 amide bonds. The highest BCUT2D eigenvalue weighted by atomic mass is 16.1. The Balaban J connectivity index is 1.30. The van der Waals surface area contributed by atoms with Gasteiger partial charge in [-0.25, -0.2) is 0 Å². The largest absolute Gasteiger partial charge is 0.350 e. The molecule has 4 rings (SSSR count). The standard InChI is InChI=1S/C23H32N4O/c1-18(19-7-3-2-4-8-19)11-14-26-12-6-13-27-22(17-26)15-21(25-27)16-24-23(28)20-9-5-10-20/h2-4,7-8,15,18,20H,5-6,9-14,16-17H2,1H3,(H,24,28). The monoisotopic (exact) mass is 380 g/mol. The fourth-order valence-corrected chi connectivity index (χ4v) is 4.18. The van der Waals surface area contributed by atoms with Crippen molar-refractivity contribution < 1.29 is 4.79 Å². The number of amides is 1. The molecule has 1 atom stereocenters. The molecule has 1 unspecified atom stereocenters. The summed E-state index contributed by atoms with van der Waals surface area (Å²) >= 11 is 0. The highest BCUT2D eigenvalue weighted by Crippen LogP contribution is 2.26. The van der Waals surface area contributed by atoms with E-state index in [9.17, 15) is 4.79 Å². The Hall–Kier alpha value is -2.14. The highest BCUT2D eigenvalue weighted by Gasteiger charge is 2.25. The summed E-state index contributed by atoms with van der Waals surface area (Å²) in [5, 5.41) is 7.81. The van der Waals surface area contributed by atoms with Gasteiger partial charge in [-0.15, -0.1) is 0 Å². The first-order valence-corrected chi connectivity index (χ1v) is 10.8. The number of nitrogens with one attached hydrogen (secondary N) is 1. The number of hydrogen-bond donors (Lipinski definition) is 1. The zero-order valence-electron chi connectivity index (χ0n) is 16.9. The molecule has 28 heavy (non-hydrogen) atoms. The minimum absolute atomic E-state index is 0.200. The number of fused-ring (bicyclic) bond motifs is 1. The summed E-state index contributed by atoms with van der Waals surface area (Å²) in [6, 6.07) is 13.0. The molecule has 1 fully saturated rings. The Morgan fingerprint density at radius 2 is 2.04 bits per heavy atom. The van der Waals surface area contributed by atoms with Gasteiger partial charge in [-0.2, -0.15) is 5.10 Å². The van der Waals surface area contributed by atoms with Crippen molar-refractivity contribution in [1.82, 2.24) is 20.0 Å². The lowest BCUT2D eigenvalue weighted by atomic mass is 9.85. The van der Waals surface area contributed by atoms with Crippen molar-refractivity contribution in [3.8, 4) is 0 Å². The van der Waals surface area contributed by atoms with Crippen LogP contribution in [0.2, 0.25) is 0 Å². The first-order chi connectivity index (χ1) is 13.7. The van der Waals surface area contributed by atoms with E-state index in [1.165, 1.54) is 24.1 Å². The van der Waals surface area contributed by atoms with Crippen LogP contribution in [0.15, 0.2) is 36.4 Å². The molecular weight excluding hydrogens is 348 g/mol. The van der Waals surface area contributed by atoms with Crippen LogP contribution >= 0.6 is 0 Å². The Kier molecular flexibility index (Phi) is 6.10. The molecule has 5 heteroatoms. The average Bonchev–Trinajstić information content (AvgIpc) is 2.95. The molecule has 1 aliphatic heterocycles. The van der Waals surface area contributed by atoms with Crippen molar-refractivity contribution in [2.24, 2.45) is 5.92 Å². The van der Waals surface area contributed by atoms with Gasteiger partial charge >= 0.3 is 0 Å². The topological polar surface area (TPSA) is 50.2 Å². The van der Waals surface area contributed by atoms with E-state index in [2.05, 4.69) is 58.2 Å². The third kappa shape index (κ3) is 4.64. The second kappa shape index (κ2) is 8.91. The van der Waals surface area contributed by atoms with Crippen molar-refractivity contribution in [1.29, 1.82) is 0 Å². The molecular formula is C23H32N4O. The Bertz CT molecular complexity index is 781. The summed E-state index contributed by atoms with van der Waals surface area (Å²) in [5.74, 6) is 1.01. The zero-order chi connectivity index (χ0) is 19.3. The lowest BCUT2D eigenvalue weighted by Gasteiger charge is -2.23. The van der Waals surface area contributed by atoms with Crippen LogP contribution < -0.4 is 5.32 Å². The van der Waals surface area contributed by atoms with Crippen LogP contribution in [0.5, 0.6) is 0 Å². The van der Waals surface area contributed by atoms with E-state index < -0.39 is 0 Å². The van der Waals surface area contributed by atoms with Crippen LogP contribution in [0, 0.1) is 5.92 Å². The lowest BCUT2D eigenvalue weighted by molar-refractivity contribution is -0.127. The number of rotatable bonds is 7. The maximum absolute atomic E-state index is 12.1. The molecule has 1 N–H and O–H groups in total. The summed E-state index contributed by atoms with van der Waals surface area (Å²) in [5.41, 5.74) is 3.69. The number of carbonyl (C=O) groups excluding carboxylic acids is 1. The summed E-state index contributed by atoms with van der Waals surface area (Å²) < 4.78 is 2.14. The SMILES string of the molecule is CC(CCN1CCCn2nc(CNC(=O)C3CCC3)cc2C1)c1ccccc1. The molecule has 1 saturated carbocycles. The number of aryl methyl sites for hydroxylation is 1. The van der Waals surface area contributed by atoms with Crippen LogP contribution in [0.25, 0.3) is 0 Å². The maximum atomic E-state index is 12.1. The molecule has 1 aromatic heterocycles. The van der Waals surface area contributed by atoms with Gasteiger partial charge in [-0.1, -0.05) is 43.7 Å². The molecule has 0 radical (unpaired) electrons. The molecule has 0 spiro atoms. The van der Waals surface area contributed by atoms with Gasteiger partial charge in [0.15, 0.2) is 0 Å². The second-order valence-electron chi connectivity index (χ2n) is 8.43. The van der Waals surface area contributed by atoms with Crippen molar-refractivity contribution in [3.05, 3.63) is 53.3 Å². The van der Waals surface area contributed by atoms with E-state index in [0.717, 1.165) is 51.1 Å². The normalized spacial score (nSPS) is 18.8.